The molecule has 13 heteroatoms. The predicted octanol–water partition coefficient (Wildman–Crippen LogP) is 4.45. The lowest BCUT2D eigenvalue weighted by Gasteiger charge is -2.33. The number of benzene rings is 2. The second-order valence-corrected chi connectivity index (χ2v) is 16.0. The summed E-state index contributed by atoms with van der Waals surface area (Å²) in [5, 5.41) is 20.6. The molecule has 0 bridgehead atoms. The number of rotatable bonds is 17. The van der Waals surface area contributed by atoms with E-state index in [-0.39, 0.29) is 30.7 Å². The van der Waals surface area contributed by atoms with Crippen LogP contribution >= 0.6 is 0 Å². The first-order valence-corrected chi connectivity index (χ1v) is 19.5. The highest BCUT2D eigenvalue weighted by Gasteiger charge is 2.45. The average Bonchev–Trinajstić information content (AvgIpc) is 3.78. The third kappa shape index (κ3) is 12.6. The highest BCUT2D eigenvalue weighted by atomic mass is 16.6. The molecule has 1 aliphatic carbocycles. The number of amides is 4. The number of nitrogens with one attached hydrogen (secondary N) is 4. The lowest BCUT2D eigenvalue weighted by atomic mass is 9.81. The van der Waals surface area contributed by atoms with Crippen LogP contribution in [0.1, 0.15) is 82.5 Å². The fourth-order valence-corrected chi connectivity index (χ4v) is 7.58. The molecule has 1 saturated carbocycles. The molecule has 4 amide bonds. The molecule has 13 nitrogen and oxygen atoms in total. The van der Waals surface area contributed by atoms with Crippen LogP contribution in [0.4, 0.5) is 4.79 Å². The summed E-state index contributed by atoms with van der Waals surface area (Å²) in [6.07, 6.45) is 7.48. The van der Waals surface area contributed by atoms with Gasteiger partial charge in [-0.15, -0.1) is 0 Å². The Balaban J connectivity index is 1.33. The van der Waals surface area contributed by atoms with Crippen molar-refractivity contribution in [2.24, 2.45) is 11.8 Å². The first-order chi connectivity index (χ1) is 26.4. The van der Waals surface area contributed by atoms with E-state index in [9.17, 15) is 24.3 Å². The Kier molecular flexibility index (Phi) is 14.8. The number of hydrogen-bond donors (Lipinski definition) is 5. The number of carbonyl (C=O) groups is 4. The van der Waals surface area contributed by atoms with Crippen LogP contribution in [0.25, 0.3) is 0 Å². The topological polar surface area (TPSA) is 175 Å². The molecule has 1 aromatic heterocycles. The summed E-state index contributed by atoms with van der Waals surface area (Å²) >= 11 is 0. The van der Waals surface area contributed by atoms with E-state index < -0.39 is 53.7 Å². The van der Waals surface area contributed by atoms with Gasteiger partial charge in [0.1, 0.15) is 17.7 Å². The summed E-state index contributed by atoms with van der Waals surface area (Å²) in [4.78, 5) is 63.7. The summed E-state index contributed by atoms with van der Waals surface area (Å²) in [6.45, 7) is 5.94. The molecule has 2 fully saturated rings. The molecule has 6 atom stereocenters. The zero-order chi connectivity index (χ0) is 39.4. The minimum Gasteiger partial charge on any atom is -0.444 e. The van der Waals surface area contributed by atoms with Gasteiger partial charge in [0.15, 0.2) is 0 Å². The van der Waals surface area contributed by atoms with Gasteiger partial charge >= 0.3 is 6.09 Å². The van der Waals surface area contributed by atoms with Crippen molar-refractivity contribution in [1.29, 1.82) is 0 Å². The molecular weight excluding hydrogens is 700 g/mol. The largest absolute Gasteiger partial charge is 0.444 e. The predicted molar refractivity (Wildman–Crippen MR) is 207 cm³/mol. The van der Waals surface area contributed by atoms with Gasteiger partial charge in [0.05, 0.1) is 43.6 Å². The number of alkyl carbamates (subject to hydrolysis) is 1. The van der Waals surface area contributed by atoms with Crippen LogP contribution in [-0.4, -0.2) is 93.3 Å². The van der Waals surface area contributed by atoms with Gasteiger partial charge in [-0.3, -0.25) is 14.4 Å². The quantitative estimate of drug-likeness (QED) is 0.134. The Morgan fingerprint density at radius 1 is 0.909 bits per heavy atom. The van der Waals surface area contributed by atoms with Crippen molar-refractivity contribution in [2.75, 3.05) is 13.7 Å². The van der Waals surface area contributed by atoms with Crippen molar-refractivity contribution in [1.82, 2.24) is 30.8 Å². The van der Waals surface area contributed by atoms with Crippen LogP contribution in [-0.2, 0) is 43.3 Å². The van der Waals surface area contributed by atoms with Crippen LogP contribution in [0, 0.1) is 11.8 Å². The molecule has 1 saturated heterocycles. The maximum atomic E-state index is 14.4. The molecule has 0 spiro atoms. The molecule has 5 rings (SSSR count). The minimum absolute atomic E-state index is 0.0697. The van der Waals surface area contributed by atoms with Gasteiger partial charge in [0.25, 0.3) is 0 Å². The summed E-state index contributed by atoms with van der Waals surface area (Å²) in [5.41, 5.74) is 1.65. The van der Waals surface area contributed by atoms with E-state index in [0.717, 1.165) is 43.2 Å². The third-order valence-electron chi connectivity index (χ3n) is 10.5. The van der Waals surface area contributed by atoms with E-state index in [2.05, 4.69) is 25.9 Å². The summed E-state index contributed by atoms with van der Waals surface area (Å²) in [5.74, 6) is -1.76. The Bertz CT molecular complexity index is 1660. The van der Waals surface area contributed by atoms with E-state index in [1.165, 1.54) is 6.33 Å². The van der Waals surface area contributed by atoms with Crippen LogP contribution in [0.3, 0.4) is 0 Å². The van der Waals surface area contributed by atoms with Gasteiger partial charge < -0.3 is 40.4 Å². The number of aromatic amines is 1. The molecule has 2 heterocycles. The number of nitrogens with zero attached hydrogens (tertiary/aromatic N) is 2. The fraction of sp³-hybridized carbons (Fsp3) is 0.548. The van der Waals surface area contributed by atoms with Crippen molar-refractivity contribution in [3.05, 3.63) is 90.0 Å². The number of imidazole rings is 1. The number of H-pyrrole nitrogens is 1. The Labute approximate surface area is 324 Å². The molecule has 55 heavy (non-hydrogen) atoms. The minimum atomic E-state index is -1.16. The number of likely N-dealkylation sites (tertiary alicyclic amines) is 1. The van der Waals surface area contributed by atoms with Gasteiger partial charge in [-0.2, -0.15) is 0 Å². The van der Waals surface area contributed by atoms with Crippen molar-refractivity contribution in [3.63, 3.8) is 0 Å². The molecule has 2 aliphatic rings. The Hall–Kier alpha value is -4.75. The Morgan fingerprint density at radius 2 is 1.55 bits per heavy atom. The van der Waals surface area contributed by atoms with Crippen LogP contribution in [0.5, 0.6) is 0 Å². The maximum absolute atomic E-state index is 14.4. The first-order valence-electron chi connectivity index (χ1n) is 19.5. The Morgan fingerprint density at radius 3 is 2.18 bits per heavy atom. The number of aromatic nitrogens is 2. The van der Waals surface area contributed by atoms with Crippen molar-refractivity contribution in [3.8, 4) is 0 Å². The van der Waals surface area contributed by atoms with Crippen LogP contribution in [0.15, 0.2) is 73.2 Å². The SMILES string of the molecule is CN1C(=O)[C@H]([C@H](O)[C@H](CC2CCCCC2)NC(=O)[C@H](Cc2cnc[nH]2)NC(=O)[C@H](Cc2ccccc2)NC(=O)OC(C)(C)C)C[C@H]1COCc1ccccc1. The van der Waals surface area contributed by atoms with E-state index in [0.29, 0.717) is 31.7 Å². The number of ether oxygens (including phenoxy) is 2. The zero-order valence-corrected chi connectivity index (χ0v) is 32.5. The van der Waals surface area contributed by atoms with Crippen molar-refractivity contribution < 1.29 is 33.8 Å². The second-order valence-electron chi connectivity index (χ2n) is 16.0. The van der Waals surface area contributed by atoms with E-state index in [1.807, 2.05) is 60.7 Å². The highest BCUT2D eigenvalue weighted by Crippen LogP contribution is 2.33. The van der Waals surface area contributed by atoms with E-state index in [4.69, 9.17) is 9.47 Å². The monoisotopic (exact) mass is 758 g/mol. The number of aliphatic hydroxyl groups is 1. The van der Waals surface area contributed by atoms with Crippen molar-refractivity contribution >= 4 is 23.8 Å². The summed E-state index contributed by atoms with van der Waals surface area (Å²) < 4.78 is 11.5. The van der Waals surface area contributed by atoms with Crippen molar-refractivity contribution in [2.45, 2.75) is 121 Å². The molecule has 2 aromatic carbocycles. The lowest BCUT2D eigenvalue weighted by Crippen LogP contribution is -2.58. The van der Waals surface area contributed by atoms with E-state index in [1.54, 1.807) is 38.9 Å². The van der Waals surface area contributed by atoms with Gasteiger partial charge in [-0.05, 0) is 50.7 Å². The summed E-state index contributed by atoms with van der Waals surface area (Å²) in [7, 11) is 1.73. The van der Waals surface area contributed by atoms with Gasteiger partial charge in [0.2, 0.25) is 17.7 Å². The fourth-order valence-electron chi connectivity index (χ4n) is 7.58. The smallest absolute Gasteiger partial charge is 0.408 e. The van der Waals surface area contributed by atoms with Crippen LogP contribution in [0.2, 0.25) is 0 Å². The van der Waals surface area contributed by atoms with Gasteiger partial charge in [-0.1, -0.05) is 92.8 Å². The van der Waals surface area contributed by atoms with Crippen LogP contribution < -0.4 is 16.0 Å². The lowest BCUT2D eigenvalue weighted by molar-refractivity contribution is -0.136. The molecule has 1 aliphatic heterocycles. The standard InChI is InChI=1S/C42H58N6O7/c1-42(2,3)55-41(53)47-35(21-29-16-10-6-11-17-29)38(50)46-36(22-31-24-43-27-44-31)39(51)45-34(20-28-14-8-5-9-15-28)37(49)33-23-32(48(4)40(33)52)26-54-25-30-18-12-7-13-19-30/h6-7,10-13,16-19,24,27-28,32-37,49H,5,8-9,14-15,20-23,25-26H2,1-4H3,(H,43,44)(H,45,51)(H,46,50)(H,47,53)/t32-,33-,34-,35-,36-,37-/m0/s1. The number of aliphatic hydroxyl groups excluding tert-OH is 1. The zero-order valence-electron chi connectivity index (χ0n) is 32.5. The average molecular weight is 759 g/mol. The molecule has 5 N–H and O–H groups in total. The normalized spacial score (nSPS) is 19.9. The maximum Gasteiger partial charge on any atom is 0.408 e. The molecular formula is C42H58N6O7. The molecule has 298 valence electrons. The third-order valence-corrected chi connectivity index (χ3v) is 10.5. The first kappa shape index (κ1) is 41.4. The summed E-state index contributed by atoms with van der Waals surface area (Å²) in [6, 6.07) is 15.9. The molecule has 0 unspecified atom stereocenters. The van der Waals surface area contributed by atoms with Gasteiger partial charge in [-0.25, -0.2) is 9.78 Å². The highest BCUT2D eigenvalue weighted by molar-refractivity contribution is 5.92. The number of likely N-dealkylation sites (N-methyl/N-ethyl adjacent to an activating group) is 1. The van der Waals surface area contributed by atoms with E-state index >= 15 is 0 Å². The second kappa shape index (κ2) is 19.7. The molecule has 0 radical (unpaired) electrons. The number of hydrogen-bond acceptors (Lipinski definition) is 8. The molecule has 3 aromatic rings. The number of carbonyl (C=O) groups excluding carboxylic acids is 4. The van der Waals surface area contributed by atoms with Gasteiger partial charge in [0, 0.05) is 31.8 Å².